The Bertz CT molecular complexity index is 539. The molecule has 0 aliphatic heterocycles. The van der Waals surface area contributed by atoms with Gasteiger partial charge in [0.2, 0.25) is 0 Å². The highest BCUT2D eigenvalue weighted by Crippen LogP contribution is 2.32. The molecule has 2 rings (SSSR count). The van der Waals surface area contributed by atoms with Crippen LogP contribution in [0.3, 0.4) is 0 Å². The highest BCUT2D eigenvalue weighted by Gasteiger charge is 2.07. The number of pyridine rings is 1. The van der Waals surface area contributed by atoms with Gasteiger partial charge < -0.3 is 5.11 Å². The molecule has 2 nitrogen and oxygen atoms in total. The highest BCUT2D eigenvalue weighted by molar-refractivity contribution is 7.99. The van der Waals surface area contributed by atoms with E-state index in [1.807, 2.05) is 30.8 Å². The van der Waals surface area contributed by atoms with Crippen LogP contribution in [0, 0.1) is 6.92 Å². The maximum atomic E-state index is 9.86. The number of fused-ring (bicyclic) bond motifs is 1. The van der Waals surface area contributed by atoms with Gasteiger partial charge in [0.15, 0.2) is 0 Å². The topological polar surface area (TPSA) is 33.1 Å². The fourth-order valence-electron chi connectivity index (χ4n) is 1.93. The Morgan fingerprint density at radius 1 is 1.17 bits per heavy atom. The van der Waals surface area contributed by atoms with Crippen LogP contribution >= 0.6 is 11.8 Å². The maximum Gasteiger partial charge on any atom is 0.141 e. The van der Waals surface area contributed by atoms with Gasteiger partial charge in [-0.05, 0) is 43.4 Å². The highest BCUT2D eigenvalue weighted by atomic mass is 32.2. The molecule has 2 aromatic rings. The van der Waals surface area contributed by atoms with Gasteiger partial charge in [-0.3, -0.25) is 0 Å². The summed E-state index contributed by atoms with van der Waals surface area (Å²) in [7, 11) is 0. The third kappa shape index (κ3) is 2.96. The monoisotopic (exact) mass is 261 g/mol. The van der Waals surface area contributed by atoms with Gasteiger partial charge in [-0.2, -0.15) is 0 Å². The summed E-state index contributed by atoms with van der Waals surface area (Å²) in [5, 5.41) is 10.9. The van der Waals surface area contributed by atoms with Crippen LogP contribution in [0.4, 0.5) is 0 Å². The number of unbranched alkanes of at least 4 members (excludes halogenated alkanes) is 2. The minimum absolute atomic E-state index is 0.270. The van der Waals surface area contributed by atoms with E-state index in [1.54, 1.807) is 6.07 Å². The van der Waals surface area contributed by atoms with Crippen molar-refractivity contribution < 1.29 is 5.11 Å². The van der Waals surface area contributed by atoms with Crippen molar-refractivity contribution in [2.24, 2.45) is 0 Å². The molecule has 0 aliphatic rings. The molecular formula is C15H19NOS. The predicted octanol–water partition coefficient (Wildman–Crippen LogP) is 4.53. The lowest BCUT2D eigenvalue weighted by Gasteiger charge is -2.08. The minimum Gasteiger partial charge on any atom is -0.506 e. The summed E-state index contributed by atoms with van der Waals surface area (Å²) in [5.74, 6) is 1.40. The molecule has 0 spiro atoms. The lowest BCUT2D eigenvalue weighted by atomic mass is 10.2. The zero-order chi connectivity index (χ0) is 13.0. The zero-order valence-electron chi connectivity index (χ0n) is 10.9. The van der Waals surface area contributed by atoms with E-state index in [-0.39, 0.29) is 5.75 Å². The zero-order valence-corrected chi connectivity index (χ0v) is 11.8. The van der Waals surface area contributed by atoms with Crippen molar-refractivity contribution in [1.29, 1.82) is 0 Å². The van der Waals surface area contributed by atoms with E-state index in [9.17, 15) is 5.11 Å². The molecule has 0 saturated heterocycles. The summed E-state index contributed by atoms with van der Waals surface area (Å²) in [6.07, 6.45) is 3.76. The molecule has 3 heteroatoms. The van der Waals surface area contributed by atoms with Crippen LogP contribution in [0.2, 0.25) is 0 Å². The van der Waals surface area contributed by atoms with Gasteiger partial charge in [0.25, 0.3) is 0 Å². The molecular weight excluding hydrogens is 242 g/mol. The number of benzene rings is 1. The van der Waals surface area contributed by atoms with Crippen molar-refractivity contribution in [3.05, 3.63) is 30.0 Å². The van der Waals surface area contributed by atoms with Crippen molar-refractivity contribution in [1.82, 2.24) is 4.98 Å². The first-order valence-corrected chi connectivity index (χ1v) is 7.43. The third-order valence-corrected chi connectivity index (χ3v) is 4.10. The molecule has 18 heavy (non-hydrogen) atoms. The van der Waals surface area contributed by atoms with Crippen molar-refractivity contribution in [2.75, 3.05) is 5.75 Å². The number of phenols is 1. The average molecular weight is 261 g/mol. The van der Waals surface area contributed by atoms with E-state index in [0.29, 0.717) is 0 Å². The molecule has 96 valence electrons. The molecule has 1 N–H and O–H groups in total. The number of phenolic OH excluding ortho intramolecular Hbond substituents is 1. The molecule has 1 aromatic heterocycles. The fourth-order valence-corrected chi connectivity index (χ4v) is 2.99. The number of hydrogen-bond donors (Lipinski definition) is 1. The fraction of sp³-hybridized carbons (Fsp3) is 0.400. The minimum atomic E-state index is 0.270. The summed E-state index contributed by atoms with van der Waals surface area (Å²) >= 11 is 1.85. The van der Waals surface area contributed by atoms with Crippen molar-refractivity contribution in [3.8, 4) is 5.75 Å². The van der Waals surface area contributed by atoms with Crippen LogP contribution in [-0.2, 0) is 0 Å². The maximum absolute atomic E-state index is 9.86. The lowest BCUT2D eigenvalue weighted by Crippen LogP contribution is -1.87. The largest absolute Gasteiger partial charge is 0.506 e. The van der Waals surface area contributed by atoms with E-state index < -0.39 is 0 Å². The van der Waals surface area contributed by atoms with Crippen LogP contribution < -0.4 is 0 Å². The average Bonchev–Trinajstić information content (AvgIpc) is 2.37. The first-order valence-electron chi connectivity index (χ1n) is 6.44. The molecule has 0 aliphatic carbocycles. The standard InChI is InChI=1S/C15H19NOS/c1-3-4-5-10-18-14-9-8-13(17)15-12(14)7-6-11(2)16-15/h6-9,17H,3-5,10H2,1-2H3. The van der Waals surface area contributed by atoms with Crippen LogP contribution in [0.15, 0.2) is 29.2 Å². The number of hydrogen-bond acceptors (Lipinski definition) is 3. The van der Waals surface area contributed by atoms with Gasteiger partial charge in [-0.1, -0.05) is 19.8 Å². The second-order valence-corrected chi connectivity index (χ2v) is 5.62. The number of aromatic nitrogens is 1. The van der Waals surface area contributed by atoms with E-state index in [0.717, 1.165) is 22.3 Å². The Labute approximate surface area is 112 Å². The SMILES string of the molecule is CCCCCSc1ccc(O)c2nc(C)ccc12. The van der Waals surface area contributed by atoms with Crippen molar-refractivity contribution in [3.63, 3.8) is 0 Å². The number of aryl methyl sites for hydroxylation is 1. The molecule has 0 unspecified atom stereocenters. The number of rotatable bonds is 5. The van der Waals surface area contributed by atoms with Gasteiger partial charge in [0, 0.05) is 16.0 Å². The Hall–Kier alpha value is -1.22. The van der Waals surface area contributed by atoms with E-state index in [1.165, 1.54) is 24.2 Å². The van der Waals surface area contributed by atoms with Gasteiger partial charge in [0.05, 0.1) is 0 Å². The van der Waals surface area contributed by atoms with E-state index >= 15 is 0 Å². The molecule has 0 saturated carbocycles. The lowest BCUT2D eigenvalue weighted by molar-refractivity contribution is 0.480. The van der Waals surface area contributed by atoms with Crippen molar-refractivity contribution in [2.45, 2.75) is 38.0 Å². The first kappa shape index (κ1) is 13.2. The van der Waals surface area contributed by atoms with Crippen LogP contribution in [0.1, 0.15) is 31.9 Å². The van der Waals surface area contributed by atoms with Crippen molar-refractivity contribution >= 4 is 22.7 Å². The molecule has 0 fully saturated rings. The number of aromatic hydroxyl groups is 1. The second-order valence-electron chi connectivity index (χ2n) is 4.49. The Balaban J connectivity index is 2.25. The number of thioether (sulfide) groups is 1. The summed E-state index contributed by atoms with van der Waals surface area (Å²) in [6, 6.07) is 7.79. The quantitative estimate of drug-likeness (QED) is 0.634. The summed E-state index contributed by atoms with van der Waals surface area (Å²) < 4.78 is 0. The molecule has 1 heterocycles. The first-order chi connectivity index (χ1) is 8.72. The van der Waals surface area contributed by atoms with Crippen LogP contribution in [0.25, 0.3) is 10.9 Å². The molecule has 0 atom stereocenters. The second kappa shape index (κ2) is 6.10. The van der Waals surface area contributed by atoms with E-state index in [2.05, 4.69) is 18.0 Å². The van der Waals surface area contributed by atoms with Gasteiger partial charge in [0.1, 0.15) is 11.3 Å². The smallest absolute Gasteiger partial charge is 0.141 e. The summed E-state index contributed by atoms with van der Waals surface area (Å²) in [4.78, 5) is 5.63. The van der Waals surface area contributed by atoms with Crippen LogP contribution in [-0.4, -0.2) is 15.8 Å². The van der Waals surface area contributed by atoms with Gasteiger partial charge in [-0.15, -0.1) is 11.8 Å². The third-order valence-electron chi connectivity index (χ3n) is 2.94. The molecule has 0 radical (unpaired) electrons. The molecule has 1 aromatic carbocycles. The normalized spacial score (nSPS) is 11.0. The predicted molar refractivity (Wildman–Crippen MR) is 78.4 cm³/mol. The van der Waals surface area contributed by atoms with Gasteiger partial charge in [-0.25, -0.2) is 4.98 Å². The molecule has 0 bridgehead atoms. The number of nitrogens with zero attached hydrogens (tertiary/aromatic N) is 1. The Kier molecular flexibility index (Phi) is 4.48. The summed E-state index contributed by atoms with van der Waals surface area (Å²) in [6.45, 7) is 4.16. The van der Waals surface area contributed by atoms with Gasteiger partial charge >= 0.3 is 0 Å². The summed E-state index contributed by atoms with van der Waals surface area (Å²) in [5.41, 5.74) is 1.65. The Morgan fingerprint density at radius 2 is 2.00 bits per heavy atom. The van der Waals surface area contributed by atoms with E-state index in [4.69, 9.17) is 0 Å². The Morgan fingerprint density at radius 3 is 2.78 bits per heavy atom. The molecule has 0 amide bonds. The van der Waals surface area contributed by atoms with Crippen LogP contribution in [0.5, 0.6) is 5.75 Å².